The number of hydrogen-bond donors (Lipinski definition) is 1. The van der Waals surface area contributed by atoms with Crippen molar-refractivity contribution in [2.45, 2.75) is 40.0 Å². The number of piperazine rings is 1. The predicted molar refractivity (Wildman–Crippen MR) is 141 cm³/mol. The van der Waals surface area contributed by atoms with Crippen molar-refractivity contribution in [1.82, 2.24) is 29.3 Å². The van der Waals surface area contributed by atoms with Crippen molar-refractivity contribution >= 4 is 17.0 Å². The van der Waals surface area contributed by atoms with Crippen molar-refractivity contribution in [1.29, 1.82) is 0 Å². The number of carbonyl (C=O) groups is 1. The molecule has 3 aliphatic rings. The van der Waals surface area contributed by atoms with Crippen LogP contribution in [-0.4, -0.2) is 79.6 Å². The Hall–Kier alpha value is -3.23. The Balaban J connectivity index is 1.43. The van der Waals surface area contributed by atoms with E-state index < -0.39 is 0 Å². The molecular weight excluding hydrogens is 452 g/mol. The molecule has 0 spiro atoms. The summed E-state index contributed by atoms with van der Waals surface area (Å²) in [6.45, 7) is 10.8. The zero-order valence-electron chi connectivity index (χ0n) is 21.5. The van der Waals surface area contributed by atoms with E-state index in [0.29, 0.717) is 6.54 Å². The summed E-state index contributed by atoms with van der Waals surface area (Å²) in [6, 6.07) is 2.09. The van der Waals surface area contributed by atoms with Crippen LogP contribution in [0.2, 0.25) is 0 Å². The van der Waals surface area contributed by atoms with Gasteiger partial charge in [-0.1, -0.05) is 26.3 Å². The van der Waals surface area contributed by atoms with Gasteiger partial charge in [-0.3, -0.25) is 19.6 Å². The van der Waals surface area contributed by atoms with E-state index in [1.807, 2.05) is 23.8 Å². The number of aliphatic hydroxyl groups is 1. The molecule has 0 radical (unpaired) electrons. The maximum Gasteiger partial charge on any atom is 0.255 e. The van der Waals surface area contributed by atoms with Crippen LogP contribution in [0.4, 0.5) is 0 Å². The number of aliphatic hydroxyl groups excluding tert-OH is 1. The third-order valence-electron chi connectivity index (χ3n) is 7.28. The summed E-state index contributed by atoms with van der Waals surface area (Å²) < 4.78 is 1.92. The zero-order chi connectivity index (χ0) is 25.2. The SMILES string of the molecule is CCCc1nc(C)cn2nc(C3=CC(=O)N4C=C(N5CCN(CCO)CC5)C=CC4=CCC3C)cc12. The molecule has 1 amide bonds. The maximum absolute atomic E-state index is 13.6. The summed E-state index contributed by atoms with van der Waals surface area (Å²) in [5.41, 5.74) is 6.78. The molecule has 1 saturated heterocycles. The lowest BCUT2D eigenvalue weighted by Gasteiger charge is -2.38. The van der Waals surface area contributed by atoms with Crippen molar-refractivity contribution in [3.8, 4) is 0 Å². The van der Waals surface area contributed by atoms with E-state index in [0.717, 1.165) is 85.0 Å². The second-order valence-electron chi connectivity index (χ2n) is 9.95. The number of amides is 1. The summed E-state index contributed by atoms with van der Waals surface area (Å²) in [7, 11) is 0. The van der Waals surface area contributed by atoms with Crippen molar-refractivity contribution in [3.05, 3.63) is 71.2 Å². The Kier molecular flexibility index (Phi) is 7.07. The summed E-state index contributed by atoms with van der Waals surface area (Å²) in [4.78, 5) is 24.7. The number of aryl methyl sites for hydroxylation is 2. The van der Waals surface area contributed by atoms with Crippen LogP contribution in [0.1, 0.15) is 43.8 Å². The number of nitrogens with zero attached hydrogens (tertiary/aromatic N) is 6. The van der Waals surface area contributed by atoms with E-state index in [9.17, 15) is 9.90 Å². The number of rotatable bonds is 6. The lowest BCUT2D eigenvalue weighted by Crippen LogP contribution is -2.47. The Morgan fingerprint density at radius 2 is 1.92 bits per heavy atom. The normalized spacial score (nSPS) is 21.2. The van der Waals surface area contributed by atoms with Crippen molar-refractivity contribution in [3.63, 3.8) is 0 Å². The molecule has 0 aromatic carbocycles. The molecule has 1 unspecified atom stereocenters. The first-order chi connectivity index (χ1) is 17.5. The fraction of sp³-hybridized carbons (Fsp3) is 0.464. The molecule has 5 rings (SSSR count). The molecule has 1 fully saturated rings. The summed E-state index contributed by atoms with van der Waals surface area (Å²) >= 11 is 0. The highest BCUT2D eigenvalue weighted by Gasteiger charge is 2.26. The molecular formula is C28H36N6O2. The second kappa shape index (κ2) is 10.4. The molecule has 0 saturated carbocycles. The molecule has 8 nitrogen and oxygen atoms in total. The predicted octanol–water partition coefficient (Wildman–Crippen LogP) is 3.15. The highest BCUT2D eigenvalue weighted by molar-refractivity contribution is 5.98. The molecule has 0 aliphatic carbocycles. The van der Waals surface area contributed by atoms with Gasteiger partial charge < -0.3 is 10.0 Å². The fourth-order valence-electron chi connectivity index (χ4n) is 5.26. The van der Waals surface area contributed by atoms with E-state index in [4.69, 9.17) is 10.1 Å². The van der Waals surface area contributed by atoms with Crippen molar-refractivity contribution in [2.75, 3.05) is 39.3 Å². The third kappa shape index (κ3) is 4.88. The van der Waals surface area contributed by atoms with E-state index in [2.05, 4.69) is 47.9 Å². The minimum atomic E-state index is -0.0521. The van der Waals surface area contributed by atoms with Crippen LogP contribution >= 0.6 is 0 Å². The van der Waals surface area contributed by atoms with Crippen LogP contribution in [0.15, 0.2) is 54.2 Å². The van der Waals surface area contributed by atoms with Crippen LogP contribution in [0.5, 0.6) is 0 Å². The van der Waals surface area contributed by atoms with E-state index in [1.54, 1.807) is 11.0 Å². The van der Waals surface area contributed by atoms with Gasteiger partial charge in [0.15, 0.2) is 0 Å². The van der Waals surface area contributed by atoms with Crippen molar-refractivity contribution in [2.24, 2.45) is 5.92 Å². The maximum atomic E-state index is 13.6. The molecule has 8 heteroatoms. The van der Waals surface area contributed by atoms with Crippen LogP contribution in [0.3, 0.4) is 0 Å². The molecule has 3 aliphatic heterocycles. The molecule has 1 atom stereocenters. The van der Waals surface area contributed by atoms with Crippen molar-refractivity contribution < 1.29 is 9.90 Å². The van der Waals surface area contributed by atoms with E-state index in [1.165, 1.54) is 0 Å². The highest BCUT2D eigenvalue weighted by Crippen LogP contribution is 2.32. The van der Waals surface area contributed by atoms with Gasteiger partial charge in [0.25, 0.3) is 5.91 Å². The van der Waals surface area contributed by atoms with Crippen LogP contribution in [-0.2, 0) is 11.2 Å². The van der Waals surface area contributed by atoms with Gasteiger partial charge >= 0.3 is 0 Å². The minimum Gasteiger partial charge on any atom is -0.395 e. The zero-order valence-corrected chi connectivity index (χ0v) is 21.5. The molecule has 190 valence electrons. The lowest BCUT2D eigenvalue weighted by molar-refractivity contribution is -0.122. The number of allylic oxidation sites excluding steroid dienone is 4. The molecule has 2 aromatic rings. The highest BCUT2D eigenvalue weighted by atomic mass is 16.3. The molecule has 1 N–H and O–H groups in total. The summed E-state index contributed by atoms with van der Waals surface area (Å²) in [5.74, 6) is 0.110. The van der Waals surface area contributed by atoms with Gasteiger partial charge in [0, 0.05) is 50.7 Å². The molecule has 36 heavy (non-hydrogen) atoms. The van der Waals surface area contributed by atoms with Gasteiger partial charge in [-0.05, 0) is 49.5 Å². The van der Waals surface area contributed by atoms with Gasteiger partial charge in [-0.25, -0.2) is 4.52 Å². The summed E-state index contributed by atoms with van der Waals surface area (Å²) in [5, 5.41) is 14.1. The minimum absolute atomic E-state index is 0.0521. The van der Waals surface area contributed by atoms with Gasteiger partial charge in [-0.2, -0.15) is 5.10 Å². The number of fused-ring (bicyclic) bond motifs is 2. The Labute approximate surface area is 212 Å². The average molecular weight is 489 g/mol. The Morgan fingerprint density at radius 1 is 1.14 bits per heavy atom. The number of carbonyl (C=O) groups excluding carboxylic acids is 1. The fourth-order valence-corrected chi connectivity index (χ4v) is 5.26. The number of β-amino-alcohol motifs (C(OH)–C–C–N with tert-alkyl or cyclic N) is 1. The summed E-state index contributed by atoms with van der Waals surface area (Å²) in [6.07, 6.45) is 14.8. The van der Waals surface area contributed by atoms with Gasteiger partial charge in [0.1, 0.15) is 0 Å². The van der Waals surface area contributed by atoms with E-state index in [-0.39, 0.29) is 18.4 Å². The molecule has 5 heterocycles. The average Bonchev–Trinajstić information content (AvgIpc) is 3.29. The number of hydrogen-bond acceptors (Lipinski definition) is 6. The van der Waals surface area contributed by atoms with Crippen LogP contribution in [0, 0.1) is 12.8 Å². The lowest BCUT2D eigenvalue weighted by atomic mass is 9.92. The molecule has 0 bridgehead atoms. The van der Waals surface area contributed by atoms with Crippen LogP contribution < -0.4 is 0 Å². The first kappa shape index (κ1) is 24.5. The second-order valence-corrected chi connectivity index (χ2v) is 9.95. The van der Waals surface area contributed by atoms with Gasteiger partial charge in [0.2, 0.25) is 0 Å². The first-order valence-corrected chi connectivity index (χ1v) is 13.1. The van der Waals surface area contributed by atoms with Crippen LogP contribution in [0.25, 0.3) is 11.1 Å². The quantitative estimate of drug-likeness (QED) is 0.673. The van der Waals surface area contributed by atoms with E-state index >= 15 is 0 Å². The number of aromatic nitrogens is 3. The largest absolute Gasteiger partial charge is 0.395 e. The topological polar surface area (TPSA) is 77.2 Å². The third-order valence-corrected chi connectivity index (χ3v) is 7.28. The standard InChI is InChI=1S/C28H36N6O2/c1-4-5-25-27-17-26(30-34(27)18-21(3)29-25)24-16-28(36)33-19-23(9-8-22(33)7-6-20(24)2)32-12-10-31(11-13-32)14-15-35/h7-9,16-20,35H,4-6,10-15H2,1-3H3. The monoisotopic (exact) mass is 488 g/mol. The van der Waals surface area contributed by atoms with Gasteiger partial charge in [0.05, 0.1) is 41.1 Å². The Bertz CT molecular complexity index is 1260. The Morgan fingerprint density at radius 3 is 2.67 bits per heavy atom. The first-order valence-electron chi connectivity index (χ1n) is 13.1. The van der Waals surface area contributed by atoms with Gasteiger partial charge in [-0.15, -0.1) is 0 Å². The molecule has 2 aromatic heterocycles. The smallest absolute Gasteiger partial charge is 0.255 e.